The third-order valence-corrected chi connectivity index (χ3v) is 4.63. The monoisotopic (exact) mass is 278 g/mol. The summed E-state index contributed by atoms with van der Waals surface area (Å²) >= 11 is 0. The minimum atomic E-state index is -0.0638. The fourth-order valence-corrected chi connectivity index (χ4v) is 3.26. The summed E-state index contributed by atoms with van der Waals surface area (Å²) in [5.74, 6) is 0.119. The summed E-state index contributed by atoms with van der Waals surface area (Å²) in [5.41, 5.74) is 0.689. The highest BCUT2D eigenvalue weighted by molar-refractivity contribution is 5.92. The van der Waals surface area contributed by atoms with Crippen LogP contribution in [0.1, 0.15) is 29.8 Å². The highest BCUT2D eigenvalue weighted by atomic mass is 16.6. The van der Waals surface area contributed by atoms with Crippen LogP contribution >= 0.6 is 0 Å². The first-order valence-electron chi connectivity index (χ1n) is 7.21. The van der Waals surface area contributed by atoms with E-state index in [4.69, 9.17) is 9.47 Å². The van der Waals surface area contributed by atoms with Gasteiger partial charge >= 0.3 is 0 Å². The van der Waals surface area contributed by atoms with Crippen molar-refractivity contribution in [3.8, 4) is 0 Å². The van der Waals surface area contributed by atoms with Gasteiger partial charge in [-0.25, -0.2) is 0 Å². The molecule has 1 aromatic heterocycles. The molecule has 1 atom stereocenters. The predicted octanol–water partition coefficient (Wildman–Crippen LogP) is 1.44. The van der Waals surface area contributed by atoms with Crippen molar-refractivity contribution in [2.75, 3.05) is 26.8 Å². The number of likely N-dealkylation sites (tertiary alicyclic amines) is 1. The maximum absolute atomic E-state index is 12.4. The highest BCUT2D eigenvalue weighted by Gasteiger charge is 2.43. The van der Waals surface area contributed by atoms with E-state index < -0.39 is 0 Å². The molecule has 1 spiro atoms. The van der Waals surface area contributed by atoms with Crippen LogP contribution in [0.15, 0.2) is 18.3 Å². The molecule has 2 aliphatic rings. The Kier molecular flexibility index (Phi) is 3.56. The van der Waals surface area contributed by atoms with E-state index in [-0.39, 0.29) is 17.6 Å². The van der Waals surface area contributed by atoms with E-state index in [0.29, 0.717) is 6.61 Å². The molecule has 20 heavy (non-hydrogen) atoms. The summed E-state index contributed by atoms with van der Waals surface area (Å²) in [6.45, 7) is 2.21. The zero-order valence-corrected chi connectivity index (χ0v) is 12.2. The molecule has 2 saturated heterocycles. The average Bonchev–Trinajstić information content (AvgIpc) is 3.06. The number of aryl methyl sites for hydroxylation is 1. The van der Waals surface area contributed by atoms with Crippen LogP contribution in [-0.2, 0) is 16.5 Å². The van der Waals surface area contributed by atoms with Crippen LogP contribution < -0.4 is 0 Å². The highest BCUT2D eigenvalue weighted by Crippen LogP contribution is 2.37. The lowest BCUT2D eigenvalue weighted by atomic mass is 9.88. The lowest BCUT2D eigenvalue weighted by Gasteiger charge is -2.38. The van der Waals surface area contributed by atoms with E-state index in [1.165, 1.54) is 0 Å². The third-order valence-electron chi connectivity index (χ3n) is 4.63. The van der Waals surface area contributed by atoms with E-state index in [0.717, 1.165) is 38.0 Å². The van der Waals surface area contributed by atoms with Gasteiger partial charge in [0.25, 0.3) is 5.91 Å². The zero-order chi connectivity index (χ0) is 14.2. The first-order chi connectivity index (χ1) is 9.63. The molecule has 2 fully saturated rings. The Morgan fingerprint density at radius 3 is 2.75 bits per heavy atom. The molecule has 0 bridgehead atoms. The van der Waals surface area contributed by atoms with E-state index >= 15 is 0 Å². The SMILES string of the molecule is CO[C@@H]1COC2(CCN(C(=O)c3cccn3C)CC2)C1. The number of piperidine rings is 1. The number of carbonyl (C=O) groups excluding carboxylic acids is 1. The van der Waals surface area contributed by atoms with Crippen molar-refractivity contribution < 1.29 is 14.3 Å². The van der Waals surface area contributed by atoms with Crippen LogP contribution in [0.25, 0.3) is 0 Å². The van der Waals surface area contributed by atoms with Gasteiger partial charge in [-0.05, 0) is 25.0 Å². The van der Waals surface area contributed by atoms with Crippen molar-refractivity contribution in [3.05, 3.63) is 24.0 Å². The van der Waals surface area contributed by atoms with E-state index in [9.17, 15) is 4.79 Å². The predicted molar refractivity (Wildman–Crippen MR) is 74.6 cm³/mol. The molecule has 5 heteroatoms. The molecule has 0 N–H and O–H groups in total. The summed E-state index contributed by atoms with van der Waals surface area (Å²) < 4.78 is 13.2. The first kappa shape index (κ1) is 13.6. The Balaban J connectivity index is 1.62. The van der Waals surface area contributed by atoms with Crippen LogP contribution in [0, 0.1) is 0 Å². The summed E-state index contributed by atoms with van der Waals surface area (Å²) in [6.07, 6.45) is 4.88. The largest absolute Gasteiger partial charge is 0.379 e. The summed E-state index contributed by atoms with van der Waals surface area (Å²) in [4.78, 5) is 14.4. The molecular weight excluding hydrogens is 256 g/mol. The molecule has 3 rings (SSSR count). The summed E-state index contributed by atoms with van der Waals surface area (Å²) in [7, 11) is 3.64. The van der Waals surface area contributed by atoms with Gasteiger partial charge in [0.2, 0.25) is 0 Å². The number of aromatic nitrogens is 1. The maximum Gasteiger partial charge on any atom is 0.270 e. The number of ether oxygens (including phenoxy) is 2. The van der Waals surface area contributed by atoms with Crippen LogP contribution in [0.5, 0.6) is 0 Å². The molecule has 110 valence electrons. The average molecular weight is 278 g/mol. The van der Waals surface area contributed by atoms with E-state index in [1.807, 2.05) is 34.8 Å². The zero-order valence-electron chi connectivity index (χ0n) is 12.2. The Bertz CT molecular complexity index is 489. The summed E-state index contributed by atoms with van der Waals surface area (Å²) in [6, 6.07) is 3.78. The van der Waals surface area contributed by atoms with Gasteiger partial charge in [0, 0.05) is 39.9 Å². The van der Waals surface area contributed by atoms with Gasteiger partial charge < -0.3 is 18.9 Å². The van der Waals surface area contributed by atoms with Crippen molar-refractivity contribution >= 4 is 5.91 Å². The van der Waals surface area contributed by atoms with Gasteiger partial charge in [-0.1, -0.05) is 0 Å². The standard InChI is InChI=1S/C15H22N2O3/c1-16-7-3-4-13(16)14(18)17-8-5-15(6-9-17)10-12(19-2)11-20-15/h3-4,7,12H,5-6,8-11H2,1-2H3/t12-/m0/s1. The fraction of sp³-hybridized carbons (Fsp3) is 0.667. The first-order valence-corrected chi connectivity index (χ1v) is 7.21. The topological polar surface area (TPSA) is 43.7 Å². The van der Waals surface area contributed by atoms with E-state index in [1.54, 1.807) is 7.11 Å². The van der Waals surface area contributed by atoms with Crippen molar-refractivity contribution in [1.29, 1.82) is 0 Å². The molecule has 0 radical (unpaired) electrons. The second-order valence-electron chi connectivity index (χ2n) is 5.85. The number of carbonyl (C=O) groups is 1. The third kappa shape index (κ3) is 2.36. The number of hydrogen-bond donors (Lipinski definition) is 0. The number of hydrogen-bond acceptors (Lipinski definition) is 3. The Morgan fingerprint density at radius 1 is 1.45 bits per heavy atom. The molecule has 0 aliphatic carbocycles. The molecule has 0 saturated carbocycles. The second kappa shape index (κ2) is 5.22. The fourth-order valence-electron chi connectivity index (χ4n) is 3.26. The van der Waals surface area contributed by atoms with Crippen LogP contribution in [-0.4, -0.2) is 53.9 Å². The molecular formula is C15H22N2O3. The van der Waals surface area contributed by atoms with Crippen LogP contribution in [0.4, 0.5) is 0 Å². The minimum Gasteiger partial charge on any atom is -0.379 e. The molecule has 2 aliphatic heterocycles. The van der Waals surface area contributed by atoms with Crippen LogP contribution in [0.2, 0.25) is 0 Å². The minimum absolute atomic E-state index is 0.0638. The molecule has 0 unspecified atom stereocenters. The number of nitrogens with zero attached hydrogens (tertiary/aromatic N) is 2. The summed E-state index contributed by atoms with van der Waals surface area (Å²) in [5, 5.41) is 0. The number of rotatable bonds is 2. The van der Waals surface area contributed by atoms with Crippen molar-refractivity contribution in [2.45, 2.75) is 31.0 Å². The molecule has 1 aromatic rings. The number of amides is 1. The molecule has 1 amide bonds. The lowest BCUT2D eigenvalue weighted by Crippen LogP contribution is -2.47. The van der Waals surface area contributed by atoms with Gasteiger partial charge in [-0.2, -0.15) is 0 Å². The van der Waals surface area contributed by atoms with Crippen molar-refractivity contribution in [3.63, 3.8) is 0 Å². The van der Waals surface area contributed by atoms with Gasteiger partial charge in [0.1, 0.15) is 5.69 Å². The smallest absolute Gasteiger partial charge is 0.270 e. The molecule has 5 nitrogen and oxygen atoms in total. The van der Waals surface area contributed by atoms with Crippen molar-refractivity contribution in [2.24, 2.45) is 7.05 Å². The Hall–Kier alpha value is -1.33. The van der Waals surface area contributed by atoms with Crippen molar-refractivity contribution in [1.82, 2.24) is 9.47 Å². The van der Waals surface area contributed by atoms with Crippen LogP contribution in [0.3, 0.4) is 0 Å². The van der Waals surface area contributed by atoms with Gasteiger partial charge in [0.15, 0.2) is 0 Å². The Morgan fingerprint density at radius 2 is 2.20 bits per heavy atom. The quantitative estimate of drug-likeness (QED) is 0.822. The van der Waals surface area contributed by atoms with E-state index in [2.05, 4.69) is 0 Å². The Labute approximate surface area is 119 Å². The number of methoxy groups -OCH3 is 1. The van der Waals surface area contributed by atoms with Gasteiger partial charge in [-0.15, -0.1) is 0 Å². The molecule has 0 aromatic carbocycles. The molecule has 3 heterocycles. The maximum atomic E-state index is 12.4. The lowest BCUT2D eigenvalue weighted by molar-refractivity contribution is -0.0403. The van der Waals surface area contributed by atoms with Gasteiger partial charge in [-0.3, -0.25) is 4.79 Å². The second-order valence-corrected chi connectivity index (χ2v) is 5.85. The normalized spacial score (nSPS) is 25.3. The van der Waals surface area contributed by atoms with Gasteiger partial charge in [0.05, 0.1) is 18.3 Å².